The minimum atomic E-state index is 0. The number of aliphatic imine (C=N–C) groups is 1. The third-order valence-corrected chi connectivity index (χ3v) is 2.26. The summed E-state index contributed by atoms with van der Waals surface area (Å²) >= 11 is 0. The number of aromatic hydroxyl groups is 1. The van der Waals surface area contributed by atoms with Gasteiger partial charge in [0.05, 0.1) is 17.3 Å². The fourth-order valence-electron chi connectivity index (χ4n) is 1.40. The molecule has 0 saturated carbocycles. The smallest absolute Gasteiger partial charge is 0.124 e. The van der Waals surface area contributed by atoms with Crippen LogP contribution >= 0.6 is 0 Å². The van der Waals surface area contributed by atoms with Crippen molar-refractivity contribution in [1.82, 2.24) is 0 Å². The van der Waals surface area contributed by atoms with Gasteiger partial charge >= 0.3 is 0 Å². The van der Waals surface area contributed by atoms with Gasteiger partial charge in [-0.25, -0.2) is 0 Å². The largest absolute Gasteiger partial charge is 0.507 e. The average molecular weight is 229 g/mol. The van der Waals surface area contributed by atoms with Crippen LogP contribution in [-0.2, 0) is 0 Å². The molecule has 4 heteroatoms. The van der Waals surface area contributed by atoms with Gasteiger partial charge in [0.2, 0.25) is 0 Å². The van der Waals surface area contributed by atoms with Gasteiger partial charge in [-0.1, -0.05) is 18.2 Å². The van der Waals surface area contributed by atoms with Gasteiger partial charge in [-0.15, -0.1) is 0 Å². The fourth-order valence-corrected chi connectivity index (χ4v) is 1.40. The summed E-state index contributed by atoms with van der Waals surface area (Å²) in [6.07, 6.45) is 1.58. The second-order valence-corrected chi connectivity index (χ2v) is 3.48. The van der Waals surface area contributed by atoms with E-state index in [0.29, 0.717) is 16.8 Å². The molecular formula is C14H10LiN2O. The Labute approximate surface area is 118 Å². The number of hydrogen-bond acceptors (Lipinski definition) is 3. The van der Waals surface area contributed by atoms with E-state index in [1.54, 1.807) is 48.7 Å². The Kier molecular flexibility index (Phi) is 5.21. The normalized spacial score (nSPS) is 9.72. The Hall–Kier alpha value is -2.00. The Morgan fingerprint density at radius 3 is 2.61 bits per heavy atom. The molecular weight excluding hydrogens is 219 g/mol. The van der Waals surface area contributed by atoms with E-state index in [0.717, 1.165) is 0 Å². The Bertz CT molecular complexity index is 603. The predicted molar refractivity (Wildman–Crippen MR) is 72.3 cm³/mol. The number of phenols is 1. The standard InChI is InChI=1S/C14H10N2O.Li/c15-9-11-4-3-6-13(8-11)16-10-12-5-1-2-7-14(12)17;/h1-8,10,17H;. The molecule has 0 atom stereocenters. The molecule has 2 rings (SSSR count). The molecule has 1 N–H and O–H groups in total. The third-order valence-electron chi connectivity index (χ3n) is 2.26. The molecule has 0 bridgehead atoms. The summed E-state index contributed by atoms with van der Waals surface area (Å²) in [5, 5.41) is 18.3. The van der Waals surface area contributed by atoms with Crippen molar-refractivity contribution >= 4 is 30.8 Å². The van der Waals surface area contributed by atoms with Crippen molar-refractivity contribution in [2.75, 3.05) is 0 Å². The maximum Gasteiger partial charge on any atom is 0.124 e. The molecule has 0 heterocycles. The second kappa shape index (κ2) is 6.66. The van der Waals surface area contributed by atoms with Crippen molar-refractivity contribution in [2.24, 2.45) is 4.99 Å². The first-order chi connectivity index (χ1) is 8.29. The van der Waals surface area contributed by atoms with Gasteiger partial charge in [0.15, 0.2) is 0 Å². The van der Waals surface area contributed by atoms with Gasteiger partial charge in [-0.2, -0.15) is 5.26 Å². The summed E-state index contributed by atoms with van der Waals surface area (Å²) in [5.41, 5.74) is 1.90. The van der Waals surface area contributed by atoms with Crippen LogP contribution in [0.15, 0.2) is 53.5 Å². The average Bonchev–Trinajstić information content (AvgIpc) is 2.38. The second-order valence-electron chi connectivity index (χ2n) is 3.48. The van der Waals surface area contributed by atoms with E-state index < -0.39 is 0 Å². The van der Waals surface area contributed by atoms with Crippen LogP contribution in [0.3, 0.4) is 0 Å². The minimum Gasteiger partial charge on any atom is -0.507 e. The van der Waals surface area contributed by atoms with Crippen LogP contribution in [-0.4, -0.2) is 30.2 Å². The number of phenolic OH excluding ortho intramolecular Hbond substituents is 1. The first-order valence-corrected chi connectivity index (χ1v) is 5.12. The summed E-state index contributed by atoms with van der Waals surface area (Å²) in [6, 6.07) is 16.0. The molecule has 0 amide bonds. The fraction of sp³-hybridized carbons (Fsp3) is 0. The van der Waals surface area contributed by atoms with Crippen LogP contribution < -0.4 is 0 Å². The Morgan fingerprint density at radius 2 is 1.89 bits per heavy atom. The molecule has 0 spiro atoms. The van der Waals surface area contributed by atoms with Crippen molar-refractivity contribution in [3.8, 4) is 11.8 Å². The zero-order chi connectivity index (χ0) is 12.1. The molecule has 83 valence electrons. The summed E-state index contributed by atoms with van der Waals surface area (Å²) in [5.74, 6) is 0.188. The maximum atomic E-state index is 9.55. The summed E-state index contributed by atoms with van der Waals surface area (Å²) in [6.45, 7) is 0. The van der Waals surface area contributed by atoms with Crippen molar-refractivity contribution in [3.05, 3.63) is 59.7 Å². The van der Waals surface area contributed by atoms with Crippen LogP contribution in [0.4, 0.5) is 5.69 Å². The molecule has 0 aliphatic carbocycles. The van der Waals surface area contributed by atoms with Gasteiger partial charge in [-0.3, -0.25) is 4.99 Å². The minimum absolute atomic E-state index is 0. The molecule has 0 aliphatic heterocycles. The molecule has 3 nitrogen and oxygen atoms in total. The predicted octanol–water partition coefficient (Wildman–Crippen LogP) is 2.63. The molecule has 0 unspecified atom stereocenters. The molecule has 2 aromatic carbocycles. The van der Waals surface area contributed by atoms with E-state index in [9.17, 15) is 5.11 Å². The van der Waals surface area contributed by atoms with Crippen LogP contribution in [0.5, 0.6) is 5.75 Å². The van der Waals surface area contributed by atoms with E-state index in [1.807, 2.05) is 6.07 Å². The summed E-state index contributed by atoms with van der Waals surface area (Å²) in [4.78, 5) is 4.21. The van der Waals surface area contributed by atoms with Crippen LogP contribution in [0.2, 0.25) is 0 Å². The topological polar surface area (TPSA) is 56.4 Å². The van der Waals surface area contributed by atoms with Crippen molar-refractivity contribution in [2.45, 2.75) is 0 Å². The van der Waals surface area contributed by atoms with E-state index in [-0.39, 0.29) is 24.6 Å². The van der Waals surface area contributed by atoms with Gasteiger partial charge in [-0.05, 0) is 30.3 Å². The van der Waals surface area contributed by atoms with Crippen molar-refractivity contribution in [3.63, 3.8) is 0 Å². The van der Waals surface area contributed by atoms with Gasteiger partial charge < -0.3 is 5.11 Å². The van der Waals surface area contributed by atoms with E-state index in [1.165, 1.54) is 0 Å². The SMILES string of the molecule is N#Cc1cccc(N=Cc2ccccc2O)c1.[Li]. The van der Waals surface area contributed by atoms with Gasteiger partial charge in [0, 0.05) is 30.6 Å². The van der Waals surface area contributed by atoms with Crippen molar-refractivity contribution < 1.29 is 5.11 Å². The van der Waals surface area contributed by atoms with E-state index in [2.05, 4.69) is 11.1 Å². The quantitative estimate of drug-likeness (QED) is 0.635. The summed E-state index contributed by atoms with van der Waals surface area (Å²) < 4.78 is 0. The first-order valence-electron chi connectivity index (χ1n) is 5.12. The molecule has 0 saturated heterocycles. The number of rotatable bonds is 2. The number of nitriles is 1. The molecule has 2 aromatic rings. The van der Waals surface area contributed by atoms with Gasteiger partial charge in [0.1, 0.15) is 5.75 Å². The van der Waals surface area contributed by atoms with E-state index in [4.69, 9.17) is 5.26 Å². The molecule has 0 aliphatic rings. The first kappa shape index (κ1) is 14.1. The summed E-state index contributed by atoms with van der Waals surface area (Å²) in [7, 11) is 0. The Morgan fingerprint density at radius 1 is 1.11 bits per heavy atom. The Balaban J connectivity index is 0.00000162. The van der Waals surface area contributed by atoms with Crippen molar-refractivity contribution in [1.29, 1.82) is 5.26 Å². The molecule has 0 aromatic heterocycles. The van der Waals surface area contributed by atoms with Crippen LogP contribution in [0, 0.1) is 11.3 Å². The molecule has 18 heavy (non-hydrogen) atoms. The number of nitrogens with zero attached hydrogens (tertiary/aromatic N) is 2. The number of para-hydroxylation sites is 1. The third kappa shape index (κ3) is 3.50. The zero-order valence-corrected chi connectivity index (χ0v) is 10.0. The van der Waals surface area contributed by atoms with E-state index >= 15 is 0 Å². The number of hydrogen-bond donors (Lipinski definition) is 1. The maximum absolute atomic E-state index is 9.55. The van der Waals surface area contributed by atoms with Crippen LogP contribution in [0.25, 0.3) is 0 Å². The molecule has 0 fully saturated rings. The van der Waals surface area contributed by atoms with Gasteiger partial charge in [0.25, 0.3) is 0 Å². The van der Waals surface area contributed by atoms with Crippen LogP contribution in [0.1, 0.15) is 11.1 Å². The number of benzene rings is 2. The molecule has 1 radical (unpaired) electrons. The monoisotopic (exact) mass is 229 g/mol. The zero-order valence-electron chi connectivity index (χ0n) is 10.0.